The number of alkyl carbamates (subject to hydrolysis) is 1. The predicted molar refractivity (Wildman–Crippen MR) is 115 cm³/mol. The van der Waals surface area contributed by atoms with Crippen molar-refractivity contribution >= 4 is 18.0 Å². The SMILES string of the molecule is C[C@H](NC(=O)C(CC1CC1)NC(=O)OCC1c2ccccc2-c2ccccc21)C(=O)O. The molecule has 1 fully saturated rings. The molecule has 0 heterocycles. The Balaban J connectivity index is 1.40. The van der Waals surface area contributed by atoms with Crippen LogP contribution in [0.25, 0.3) is 11.1 Å². The van der Waals surface area contributed by atoms with Crippen molar-refractivity contribution in [2.45, 2.75) is 44.2 Å². The Labute approximate surface area is 180 Å². The number of carbonyl (C=O) groups is 3. The molecule has 2 aliphatic rings. The minimum atomic E-state index is -1.13. The van der Waals surface area contributed by atoms with Gasteiger partial charge in [-0.05, 0) is 41.5 Å². The summed E-state index contributed by atoms with van der Waals surface area (Å²) in [5, 5.41) is 14.1. The zero-order chi connectivity index (χ0) is 22.0. The smallest absolute Gasteiger partial charge is 0.407 e. The molecule has 2 amide bonds. The number of carboxylic acids is 1. The molecular weight excluding hydrogens is 396 g/mol. The van der Waals surface area contributed by atoms with Crippen LogP contribution in [0.3, 0.4) is 0 Å². The molecule has 4 rings (SSSR count). The third kappa shape index (κ3) is 4.71. The van der Waals surface area contributed by atoms with Gasteiger partial charge in [-0.3, -0.25) is 9.59 Å². The maximum atomic E-state index is 12.5. The van der Waals surface area contributed by atoms with Gasteiger partial charge in [0.1, 0.15) is 18.7 Å². The molecule has 0 radical (unpaired) electrons. The lowest BCUT2D eigenvalue weighted by Gasteiger charge is -2.20. The number of fused-ring (bicyclic) bond motifs is 3. The van der Waals surface area contributed by atoms with E-state index in [0.717, 1.165) is 35.1 Å². The molecule has 7 nitrogen and oxygen atoms in total. The van der Waals surface area contributed by atoms with E-state index in [-0.39, 0.29) is 12.5 Å². The standard InChI is InChI=1S/C24H26N2O5/c1-14(23(28)29)25-22(27)21(12-15-10-11-15)26-24(30)31-13-20-18-8-4-2-6-16(18)17-7-3-5-9-19(17)20/h2-9,14-15,20-21H,10-13H2,1H3,(H,25,27)(H,26,30)(H,28,29)/t14-,21?/m0/s1. The van der Waals surface area contributed by atoms with Crippen molar-refractivity contribution in [2.75, 3.05) is 6.61 Å². The van der Waals surface area contributed by atoms with Crippen molar-refractivity contribution in [3.05, 3.63) is 59.7 Å². The molecule has 2 aromatic carbocycles. The van der Waals surface area contributed by atoms with Crippen LogP contribution in [0, 0.1) is 5.92 Å². The Bertz CT molecular complexity index is 955. The average Bonchev–Trinajstić information content (AvgIpc) is 3.52. The Morgan fingerprint density at radius 3 is 2.13 bits per heavy atom. The molecule has 3 N–H and O–H groups in total. The molecule has 1 saturated carbocycles. The number of amides is 2. The van der Waals surface area contributed by atoms with Crippen molar-refractivity contribution in [1.82, 2.24) is 10.6 Å². The first kappa shape index (κ1) is 20.9. The topological polar surface area (TPSA) is 105 Å². The van der Waals surface area contributed by atoms with Gasteiger partial charge in [-0.25, -0.2) is 4.79 Å². The number of carbonyl (C=O) groups excluding carboxylic acids is 2. The summed E-state index contributed by atoms with van der Waals surface area (Å²) in [7, 11) is 0. The maximum absolute atomic E-state index is 12.5. The normalized spacial score (nSPS) is 16.5. The molecule has 0 aromatic heterocycles. The minimum Gasteiger partial charge on any atom is -0.480 e. The lowest BCUT2D eigenvalue weighted by molar-refractivity contribution is -0.141. The fraction of sp³-hybridized carbons (Fsp3) is 0.375. The Hall–Kier alpha value is -3.35. The van der Waals surface area contributed by atoms with Crippen molar-refractivity contribution in [3.63, 3.8) is 0 Å². The zero-order valence-corrected chi connectivity index (χ0v) is 17.3. The largest absolute Gasteiger partial charge is 0.480 e. The molecule has 162 valence electrons. The summed E-state index contributed by atoms with van der Waals surface area (Å²) in [6, 6.07) is 14.3. The lowest BCUT2D eigenvalue weighted by Crippen LogP contribution is -2.51. The highest BCUT2D eigenvalue weighted by molar-refractivity contribution is 5.89. The molecular formula is C24H26N2O5. The zero-order valence-electron chi connectivity index (χ0n) is 17.3. The summed E-state index contributed by atoms with van der Waals surface area (Å²) in [6.07, 6.45) is 1.81. The molecule has 2 aromatic rings. The fourth-order valence-electron chi connectivity index (χ4n) is 4.08. The minimum absolute atomic E-state index is 0.0686. The third-order valence-electron chi connectivity index (χ3n) is 5.95. The van der Waals surface area contributed by atoms with Crippen molar-refractivity contribution in [1.29, 1.82) is 0 Å². The second-order valence-corrected chi connectivity index (χ2v) is 8.27. The number of hydrogen-bond acceptors (Lipinski definition) is 4. The molecule has 0 aliphatic heterocycles. The van der Waals surface area contributed by atoms with Crippen LogP contribution >= 0.6 is 0 Å². The van der Waals surface area contributed by atoms with E-state index in [4.69, 9.17) is 9.84 Å². The lowest BCUT2D eigenvalue weighted by atomic mass is 9.98. The first-order valence-electron chi connectivity index (χ1n) is 10.6. The van der Waals surface area contributed by atoms with Gasteiger partial charge >= 0.3 is 12.1 Å². The van der Waals surface area contributed by atoms with E-state index in [1.165, 1.54) is 6.92 Å². The summed E-state index contributed by atoms with van der Waals surface area (Å²) in [4.78, 5) is 36.1. The van der Waals surface area contributed by atoms with Gasteiger partial charge in [0.15, 0.2) is 0 Å². The van der Waals surface area contributed by atoms with Gasteiger partial charge in [0.05, 0.1) is 0 Å². The maximum Gasteiger partial charge on any atom is 0.407 e. The van der Waals surface area contributed by atoms with Crippen LogP contribution in [0.2, 0.25) is 0 Å². The molecule has 2 aliphatic carbocycles. The quantitative estimate of drug-likeness (QED) is 0.606. The number of benzene rings is 2. The highest BCUT2D eigenvalue weighted by Gasteiger charge is 2.33. The number of aliphatic carboxylic acids is 1. The second kappa shape index (κ2) is 8.79. The second-order valence-electron chi connectivity index (χ2n) is 8.27. The Kier molecular flexibility index (Phi) is 5.93. The summed E-state index contributed by atoms with van der Waals surface area (Å²) >= 11 is 0. The number of ether oxygens (including phenoxy) is 1. The fourth-order valence-corrected chi connectivity index (χ4v) is 4.08. The Morgan fingerprint density at radius 2 is 1.58 bits per heavy atom. The van der Waals surface area contributed by atoms with Gasteiger partial charge in [-0.1, -0.05) is 61.4 Å². The molecule has 31 heavy (non-hydrogen) atoms. The van der Waals surface area contributed by atoms with E-state index in [9.17, 15) is 14.4 Å². The molecule has 2 atom stereocenters. The molecule has 0 bridgehead atoms. The van der Waals surface area contributed by atoms with Crippen LogP contribution in [0.1, 0.15) is 43.2 Å². The molecule has 7 heteroatoms. The van der Waals surface area contributed by atoms with E-state index in [1.54, 1.807) is 0 Å². The van der Waals surface area contributed by atoms with Crippen LogP contribution in [0.5, 0.6) is 0 Å². The van der Waals surface area contributed by atoms with Crippen LogP contribution in [0.4, 0.5) is 4.79 Å². The van der Waals surface area contributed by atoms with Gasteiger partial charge in [-0.2, -0.15) is 0 Å². The van der Waals surface area contributed by atoms with Gasteiger partial charge in [0, 0.05) is 5.92 Å². The van der Waals surface area contributed by atoms with E-state index < -0.39 is 30.1 Å². The predicted octanol–water partition coefficient (Wildman–Crippen LogP) is 3.28. The van der Waals surface area contributed by atoms with Crippen LogP contribution in [-0.4, -0.2) is 41.8 Å². The highest BCUT2D eigenvalue weighted by Crippen LogP contribution is 2.44. The highest BCUT2D eigenvalue weighted by atomic mass is 16.5. The van der Waals surface area contributed by atoms with E-state index in [1.807, 2.05) is 36.4 Å². The van der Waals surface area contributed by atoms with E-state index >= 15 is 0 Å². The molecule has 0 saturated heterocycles. The summed E-state index contributed by atoms with van der Waals surface area (Å²) in [6.45, 7) is 1.55. The number of rotatable bonds is 8. The van der Waals surface area contributed by atoms with Crippen LogP contribution in [-0.2, 0) is 14.3 Å². The van der Waals surface area contributed by atoms with Gasteiger partial charge in [0.25, 0.3) is 0 Å². The molecule has 0 spiro atoms. The summed E-state index contributed by atoms with van der Waals surface area (Å²) in [5.74, 6) is -1.33. The third-order valence-corrected chi connectivity index (χ3v) is 5.95. The van der Waals surface area contributed by atoms with E-state index in [0.29, 0.717) is 12.3 Å². The van der Waals surface area contributed by atoms with E-state index in [2.05, 4.69) is 22.8 Å². The first-order valence-corrected chi connectivity index (χ1v) is 10.6. The Morgan fingerprint density at radius 1 is 1.00 bits per heavy atom. The number of hydrogen-bond donors (Lipinski definition) is 3. The van der Waals surface area contributed by atoms with Gasteiger partial charge in [-0.15, -0.1) is 0 Å². The number of carboxylic acid groups (broad SMARTS) is 1. The summed E-state index contributed by atoms with van der Waals surface area (Å²) < 4.78 is 5.53. The van der Waals surface area contributed by atoms with Gasteiger partial charge < -0.3 is 20.5 Å². The van der Waals surface area contributed by atoms with Crippen molar-refractivity contribution in [2.24, 2.45) is 5.92 Å². The first-order chi connectivity index (χ1) is 14.9. The summed E-state index contributed by atoms with van der Waals surface area (Å²) in [5.41, 5.74) is 4.50. The van der Waals surface area contributed by atoms with Gasteiger partial charge in [0.2, 0.25) is 5.91 Å². The average molecular weight is 422 g/mol. The van der Waals surface area contributed by atoms with Crippen LogP contribution in [0.15, 0.2) is 48.5 Å². The molecule has 1 unspecified atom stereocenters. The number of nitrogens with one attached hydrogen (secondary N) is 2. The van der Waals surface area contributed by atoms with Crippen molar-refractivity contribution in [3.8, 4) is 11.1 Å². The monoisotopic (exact) mass is 422 g/mol. The van der Waals surface area contributed by atoms with Crippen LogP contribution < -0.4 is 10.6 Å². The van der Waals surface area contributed by atoms with Crippen molar-refractivity contribution < 1.29 is 24.2 Å².